The minimum absolute atomic E-state index is 0.177. The number of carbonyl (C=O) groups is 1. The van der Waals surface area contributed by atoms with Gasteiger partial charge in [0, 0.05) is 62.9 Å². The van der Waals surface area contributed by atoms with Crippen LogP contribution >= 0.6 is 0 Å². The van der Waals surface area contributed by atoms with Crippen molar-refractivity contribution < 1.29 is 4.79 Å². The molecule has 2 aliphatic rings. The summed E-state index contributed by atoms with van der Waals surface area (Å²) in [4.78, 5) is 25.7. The molecule has 0 bridgehead atoms. The van der Waals surface area contributed by atoms with Gasteiger partial charge in [0.2, 0.25) is 5.91 Å². The van der Waals surface area contributed by atoms with Crippen molar-refractivity contribution in [2.45, 2.75) is 57.9 Å². The maximum Gasteiger partial charge on any atom is 0.219 e. The summed E-state index contributed by atoms with van der Waals surface area (Å²) in [7, 11) is 0. The van der Waals surface area contributed by atoms with Crippen LogP contribution in [-0.4, -0.2) is 51.9 Å². The molecular weight excluding hydrogens is 360 g/mol. The summed E-state index contributed by atoms with van der Waals surface area (Å²) in [5.41, 5.74) is 3.94. The van der Waals surface area contributed by atoms with Crippen LogP contribution in [0.3, 0.4) is 0 Å². The molecular formula is C24H32N4O. The Kier molecular flexibility index (Phi) is 6.24. The van der Waals surface area contributed by atoms with Crippen LogP contribution in [0.25, 0.3) is 0 Å². The standard InChI is InChI=1S/C24H32N4O/c1-18(20-6-4-3-5-7-20)8-12-27-13-11-23-22(17-27)16-25-24(26-23)21-9-14-28(15-10-21)19(2)29/h3-7,16,18,21H,8-15,17H2,1-2H3/t18-/m1/s1. The van der Waals surface area contributed by atoms with E-state index < -0.39 is 0 Å². The number of hydrogen-bond donors (Lipinski definition) is 0. The minimum atomic E-state index is 0.177. The number of benzene rings is 1. The number of likely N-dealkylation sites (tertiary alicyclic amines) is 1. The number of fused-ring (bicyclic) bond motifs is 1. The van der Waals surface area contributed by atoms with E-state index in [4.69, 9.17) is 9.97 Å². The lowest BCUT2D eigenvalue weighted by Gasteiger charge is -2.32. The fourth-order valence-corrected chi connectivity index (χ4v) is 4.55. The lowest BCUT2D eigenvalue weighted by molar-refractivity contribution is -0.129. The molecule has 154 valence electrons. The Bertz CT molecular complexity index is 830. The van der Waals surface area contributed by atoms with Gasteiger partial charge < -0.3 is 4.90 Å². The van der Waals surface area contributed by atoms with E-state index in [2.05, 4.69) is 48.4 Å². The van der Waals surface area contributed by atoms with E-state index in [1.807, 2.05) is 4.90 Å². The van der Waals surface area contributed by atoms with E-state index in [-0.39, 0.29) is 5.91 Å². The minimum Gasteiger partial charge on any atom is -0.343 e. The van der Waals surface area contributed by atoms with Gasteiger partial charge in [-0.15, -0.1) is 0 Å². The highest BCUT2D eigenvalue weighted by atomic mass is 16.2. The molecule has 1 atom stereocenters. The van der Waals surface area contributed by atoms with Crippen LogP contribution in [-0.2, 0) is 17.8 Å². The molecule has 3 heterocycles. The second-order valence-electron chi connectivity index (χ2n) is 8.61. The normalized spacial score (nSPS) is 19.0. The number of amides is 1. The molecule has 1 aromatic carbocycles. The number of nitrogens with zero attached hydrogens (tertiary/aromatic N) is 4. The predicted octanol–water partition coefficient (Wildman–Crippen LogP) is 3.75. The molecule has 29 heavy (non-hydrogen) atoms. The first-order chi connectivity index (χ1) is 14.1. The fraction of sp³-hybridized carbons (Fsp3) is 0.542. The lowest BCUT2D eigenvalue weighted by atomic mass is 9.95. The summed E-state index contributed by atoms with van der Waals surface area (Å²) in [5.74, 6) is 2.13. The Labute approximate surface area is 174 Å². The van der Waals surface area contributed by atoms with E-state index in [1.165, 1.54) is 23.2 Å². The van der Waals surface area contributed by atoms with Gasteiger partial charge >= 0.3 is 0 Å². The zero-order chi connectivity index (χ0) is 20.2. The zero-order valence-electron chi connectivity index (χ0n) is 17.7. The topological polar surface area (TPSA) is 49.3 Å². The van der Waals surface area contributed by atoms with Crippen molar-refractivity contribution in [1.29, 1.82) is 0 Å². The van der Waals surface area contributed by atoms with Gasteiger partial charge in [-0.1, -0.05) is 37.3 Å². The van der Waals surface area contributed by atoms with E-state index >= 15 is 0 Å². The van der Waals surface area contributed by atoms with Crippen LogP contribution in [0.15, 0.2) is 36.5 Å². The van der Waals surface area contributed by atoms with Gasteiger partial charge in [0.05, 0.1) is 0 Å². The van der Waals surface area contributed by atoms with Crippen LogP contribution in [0, 0.1) is 0 Å². The molecule has 1 amide bonds. The van der Waals surface area contributed by atoms with E-state index in [9.17, 15) is 4.79 Å². The molecule has 2 aliphatic heterocycles. The molecule has 5 heteroatoms. The van der Waals surface area contributed by atoms with Gasteiger partial charge in [0.25, 0.3) is 0 Å². The van der Waals surface area contributed by atoms with Gasteiger partial charge in [-0.3, -0.25) is 9.69 Å². The van der Waals surface area contributed by atoms with Crippen molar-refractivity contribution in [2.75, 3.05) is 26.2 Å². The second-order valence-corrected chi connectivity index (χ2v) is 8.61. The maximum absolute atomic E-state index is 11.5. The van der Waals surface area contributed by atoms with Crippen molar-refractivity contribution in [3.8, 4) is 0 Å². The third-order valence-corrected chi connectivity index (χ3v) is 6.58. The summed E-state index contributed by atoms with van der Waals surface area (Å²) < 4.78 is 0. The molecule has 2 aromatic rings. The number of rotatable bonds is 5. The summed E-state index contributed by atoms with van der Waals surface area (Å²) >= 11 is 0. The van der Waals surface area contributed by atoms with Crippen molar-refractivity contribution in [3.05, 3.63) is 59.2 Å². The smallest absolute Gasteiger partial charge is 0.219 e. The fourth-order valence-electron chi connectivity index (χ4n) is 4.55. The third-order valence-electron chi connectivity index (χ3n) is 6.58. The van der Waals surface area contributed by atoms with Crippen LogP contribution < -0.4 is 0 Å². The largest absolute Gasteiger partial charge is 0.343 e. The first-order valence-corrected chi connectivity index (χ1v) is 11.0. The number of piperidine rings is 1. The van der Waals surface area contributed by atoms with Gasteiger partial charge in [-0.2, -0.15) is 0 Å². The van der Waals surface area contributed by atoms with Crippen LogP contribution in [0.4, 0.5) is 0 Å². The van der Waals surface area contributed by atoms with Gasteiger partial charge in [0.15, 0.2) is 0 Å². The molecule has 4 rings (SSSR count). The first-order valence-electron chi connectivity index (χ1n) is 11.0. The highest BCUT2D eigenvalue weighted by Gasteiger charge is 2.26. The van der Waals surface area contributed by atoms with E-state index in [0.717, 1.165) is 57.8 Å². The Hall–Kier alpha value is -2.27. The lowest BCUT2D eigenvalue weighted by Crippen LogP contribution is -2.37. The third kappa shape index (κ3) is 4.84. The van der Waals surface area contributed by atoms with Gasteiger partial charge in [-0.25, -0.2) is 9.97 Å². The molecule has 1 saturated heterocycles. The van der Waals surface area contributed by atoms with Crippen molar-refractivity contribution >= 4 is 5.91 Å². The van der Waals surface area contributed by atoms with Crippen LogP contribution in [0.5, 0.6) is 0 Å². The molecule has 5 nitrogen and oxygen atoms in total. The molecule has 0 aliphatic carbocycles. The van der Waals surface area contributed by atoms with Crippen molar-refractivity contribution in [3.63, 3.8) is 0 Å². The van der Waals surface area contributed by atoms with Crippen LogP contribution in [0.2, 0.25) is 0 Å². The maximum atomic E-state index is 11.5. The average Bonchev–Trinajstić information content (AvgIpc) is 2.77. The number of aromatic nitrogens is 2. The zero-order valence-corrected chi connectivity index (χ0v) is 17.7. The molecule has 0 radical (unpaired) electrons. The number of hydrogen-bond acceptors (Lipinski definition) is 4. The number of carbonyl (C=O) groups excluding carboxylic acids is 1. The summed E-state index contributed by atoms with van der Waals surface area (Å²) in [6.07, 6.45) is 6.19. The quantitative estimate of drug-likeness (QED) is 0.777. The monoisotopic (exact) mass is 392 g/mol. The Morgan fingerprint density at radius 2 is 1.93 bits per heavy atom. The highest BCUT2D eigenvalue weighted by molar-refractivity contribution is 5.73. The first kappa shape index (κ1) is 20.0. The van der Waals surface area contributed by atoms with Crippen LogP contribution in [0.1, 0.15) is 67.6 Å². The molecule has 1 aromatic heterocycles. The van der Waals surface area contributed by atoms with Crippen molar-refractivity contribution in [2.24, 2.45) is 0 Å². The molecule has 0 unspecified atom stereocenters. The average molecular weight is 393 g/mol. The Morgan fingerprint density at radius 1 is 1.17 bits per heavy atom. The molecule has 0 saturated carbocycles. The van der Waals surface area contributed by atoms with Gasteiger partial charge in [0.1, 0.15) is 5.82 Å². The van der Waals surface area contributed by atoms with Crippen molar-refractivity contribution in [1.82, 2.24) is 19.8 Å². The molecule has 0 N–H and O–H groups in total. The predicted molar refractivity (Wildman–Crippen MR) is 115 cm³/mol. The van der Waals surface area contributed by atoms with E-state index in [0.29, 0.717) is 11.8 Å². The highest BCUT2D eigenvalue weighted by Crippen LogP contribution is 2.27. The molecule has 1 fully saturated rings. The Balaban J connectivity index is 1.32. The second kappa shape index (κ2) is 9.04. The summed E-state index contributed by atoms with van der Waals surface area (Å²) in [6, 6.07) is 10.8. The van der Waals surface area contributed by atoms with Gasteiger partial charge in [-0.05, 0) is 37.3 Å². The summed E-state index contributed by atoms with van der Waals surface area (Å²) in [6.45, 7) is 8.78. The van der Waals surface area contributed by atoms with E-state index in [1.54, 1.807) is 6.92 Å². The SMILES string of the molecule is CC(=O)N1CCC(c2ncc3c(n2)CCN(CC[C@@H](C)c2ccccc2)C3)CC1. The Morgan fingerprint density at radius 3 is 2.66 bits per heavy atom. The molecule has 0 spiro atoms. The summed E-state index contributed by atoms with van der Waals surface area (Å²) in [5, 5.41) is 0.